The lowest BCUT2D eigenvalue weighted by Gasteiger charge is -2.10. The van der Waals surface area contributed by atoms with Gasteiger partial charge in [-0.15, -0.1) is 11.3 Å². The maximum absolute atomic E-state index is 6.53. The Kier molecular flexibility index (Phi) is 6.21. The van der Waals surface area contributed by atoms with Gasteiger partial charge in [0.25, 0.3) is 0 Å². The molecule has 252 valence electrons. The van der Waals surface area contributed by atoms with Crippen molar-refractivity contribution in [2.45, 2.75) is 0 Å². The van der Waals surface area contributed by atoms with Crippen molar-refractivity contribution in [3.63, 3.8) is 0 Å². The van der Waals surface area contributed by atoms with Crippen LogP contribution in [0, 0.1) is 0 Å². The number of thiophene rings is 1. The highest BCUT2D eigenvalue weighted by Crippen LogP contribution is 2.43. The van der Waals surface area contributed by atoms with E-state index >= 15 is 0 Å². The van der Waals surface area contributed by atoms with Crippen molar-refractivity contribution in [3.8, 4) is 33.6 Å². The Morgan fingerprint density at radius 1 is 0.352 bits per heavy atom. The van der Waals surface area contributed by atoms with Gasteiger partial charge >= 0.3 is 0 Å². The summed E-state index contributed by atoms with van der Waals surface area (Å²) >= 11 is 1.86. The summed E-state index contributed by atoms with van der Waals surface area (Å²) in [5, 5.41) is 8.62. The van der Waals surface area contributed by atoms with Crippen LogP contribution >= 0.6 is 11.3 Å². The molecule has 0 amide bonds. The topological polar surface area (TPSA) is 23.0 Å². The highest BCUT2D eigenvalue weighted by Gasteiger charge is 2.20. The monoisotopic (exact) mass is 706 g/mol. The van der Waals surface area contributed by atoms with Crippen LogP contribution in [0.2, 0.25) is 0 Å². The third kappa shape index (κ3) is 4.29. The van der Waals surface area contributed by atoms with Crippen LogP contribution in [0.15, 0.2) is 186 Å². The number of hydrogen-bond acceptors (Lipinski definition) is 2. The molecule has 0 fully saturated rings. The fourth-order valence-electron chi connectivity index (χ4n) is 8.64. The van der Waals surface area contributed by atoms with Crippen molar-refractivity contribution >= 4 is 86.3 Å². The molecule has 12 rings (SSSR count). The first-order valence-corrected chi connectivity index (χ1v) is 19.2. The van der Waals surface area contributed by atoms with Gasteiger partial charge in [0.1, 0.15) is 5.58 Å². The van der Waals surface area contributed by atoms with Crippen LogP contribution in [-0.2, 0) is 0 Å². The van der Waals surface area contributed by atoms with Gasteiger partial charge in [-0.05, 0) is 101 Å². The maximum atomic E-state index is 6.53. The maximum Gasteiger partial charge on any atom is 0.213 e. The van der Waals surface area contributed by atoms with Gasteiger partial charge in [0, 0.05) is 53.1 Å². The molecule has 8 aromatic carbocycles. The third-order valence-corrected chi connectivity index (χ3v) is 12.3. The molecule has 0 aliphatic heterocycles. The van der Waals surface area contributed by atoms with Gasteiger partial charge in [-0.1, -0.05) is 103 Å². The average Bonchev–Trinajstić information content (AvgIpc) is 3.97. The van der Waals surface area contributed by atoms with E-state index in [1.807, 2.05) is 17.4 Å². The summed E-state index contributed by atoms with van der Waals surface area (Å²) in [6, 6.07) is 66.0. The predicted molar refractivity (Wildman–Crippen MR) is 229 cm³/mol. The van der Waals surface area contributed by atoms with E-state index in [4.69, 9.17) is 4.42 Å². The fraction of sp³-hybridized carbons (Fsp3) is 0. The van der Waals surface area contributed by atoms with Crippen molar-refractivity contribution in [3.05, 3.63) is 182 Å². The predicted octanol–water partition coefficient (Wildman–Crippen LogP) is 14.3. The lowest BCUT2D eigenvalue weighted by molar-refractivity contribution is 0.645. The van der Waals surface area contributed by atoms with Gasteiger partial charge in [-0.25, -0.2) is 0 Å². The quantitative estimate of drug-likeness (QED) is 0.179. The van der Waals surface area contributed by atoms with Gasteiger partial charge in [0.2, 0.25) is 5.71 Å². The fourth-order valence-corrected chi connectivity index (χ4v) is 9.71. The molecular formula is C50H30N2OS. The number of para-hydroxylation sites is 4. The van der Waals surface area contributed by atoms with Gasteiger partial charge in [-0.2, -0.15) is 0 Å². The first kappa shape index (κ1) is 29.7. The molecule has 0 aliphatic carbocycles. The molecule has 54 heavy (non-hydrogen) atoms. The molecule has 4 heteroatoms. The zero-order valence-corrected chi connectivity index (χ0v) is 29.8. The van der Waals surface area contributed by atoms with Crippen LogP contribution in [0.5, 0.6) is 0 Å². The van der Waals surface area contributed by atoms with Gasteiger partial charge in [0.15, 0.2) is 0 Å². The Hall–Kier alpha value is -6.88. The largest absolute Gasteiger partial charge is 0.439 e. The van der Waals surface area contributed by atoms with Crippen molar-refractivity contribution in [2.75, 3.05) is 0 Å². The minimum absolute atomic E-state index is 0.879. The zero-order valence-electron chi connectivity index (χ0n) is 29.0. The number of rotatable bonds is 4. The molecule has 4 heterocycles. The number of aromatic nitrogens is 2. The van der Waals surface area contributed by atoms with Gasteiger partial charge < -0.3 is 8.98 Å². The van der Waals surface area contributed by atoms with E-state index in [1.165, 1.54) is 75.3 Å². The second-order valence-electron chi connectivity index (χ2n) is 14.1. The number of hydrogen-bond donors (Lipinski definition) is 0. The van der Waals surface area contributed by atoms with Crippen LogP contribution in [0.4, 0.5) is 0 Å². The summed E-state index contributed by atoms with van der Waals surface area (Å²) in [6.45, 7) is 0. The lowest BCUT2D eigenvalue weighted by atomic mass is 9.99. The average molecular weight is 707 g/mol. The van der Waals surface area contributed by atoms with Gasteiger partial charge in [-0.3, -0.25) is 4.57 Å². The van der Waals surface area contributed by atoms with Crippen molar-refractivity contribution < 1.29 is 4.42 Å². The van der Waals surface area contributed by atoms with E-state index in [0.717, 1.165) is 33.3 Å². The molecule has 12 aromatic rings. The van der Waals surface area contributed by atoms with E-state index in [9.17, 15) is 0 Å². The molecule has 0 unspecified atom stereocenters. The number of nitrogens with zero attached hydrogens (tertiary/aromatic N) is 2. The second-order valence-corrected chi connectivity index (χ2v) is 15.2. The van der Waals surface area contributed by atoms with Crippen LogP contribution in [0.25, 0.3) is 109 Å². The van der Waals surface area contributed by atoms with Gasteiger partial charge in [0.05, 0.1) is 21.9 Å². The van der Waals surface area contributed by atoms with E-state index in [2.05, 4.69) is 185 Å². The standard InChI is InChI=1S/C50H30N2OS/c1-2-10-35(11-3-1)52-45-25-20-33(30-42(45)49-39-14-6-9-17-46(39)53-50(49)52)34-22-27-48-41(29-34)40-28-32(21-26-47(40)54-48)31-18-23-36(24-19-31)51-43-15-7-4-12-37(43)38-13-5-8-16-44(38)51/h1-30H. The van der Waals surface area contributed by atoms with Crippen LogP contribution in [0.1, 0.15) is 0 Å². The van der Waals surface area contributed by atoms with Crippen molar-refractivity contribution in [1.82, 2.24) is 9.13 Å². The molecule has 0 spiro atoms. The smallest absolute Gasteiger partial charge is 0.213 e. The Balaban J connectivity index is 0.968. The number of benzene rings is 8. The van der Waals surface area contributed by atoms with E-state index in [-0.39, 0.29) is 0 Å². The van der Waals surface area contributed by atoms with Crippen molar-refractivity contribution in [2.24, 2.45) is 0 Å². The van der Waals surface area contributed by atoms with Crippen molar-refractivity contribution in [1.29, 1.82) is 0 Å². The lowest BCUT2D eigenvalue weighted by Crippen LogP contribution is -1.93. The second kappa shape index (κ2) is 11.3. The Labute approximate surface area is 314 Å². The normalized spacial score (nSPS) is 12.1. The molecule has 0 atom stereocenters. The summed E-state index contributed by atoms with van der Waals surface area (Å²) in [5.74, 6) is 0. The zero-order chi connectivity index (χ0) is 35.3. The highest BCUT2D eigenvalue weighted by atomic mass is 32.1. The molecule has 3 nitrogen and oxygen atoms in total. The van der Waals surface area contributed by atoms with Crippen LogP contribution in [0.3, 0.4) is 0 Å². The minimum atomic E-state index is 0.879. The first-order valence-electron chi connectivity index (χ1n) is 18.3. The Bertz CT molecular complexity index is 3380. The van der Waals surface area contributed by atoms with Crippen LogP contribution < -0.4 is 0 Å². The van der Waals surface area contributed by atoms with Crippen LogP contribution in [-0.4, -0.2) is 9.13 Å². The van der Waals surface area contributed by atoms with E-state index in [0.29, 0.717) is 0 Å². The first-order chi connectivity index (χ1) is 26.8. The molecule has 4 aromatic heterocycles. The summed E-state index contributed by atoms with van der Waals surface area (Å²) in [6.07, 6.45) is 0. The third-order valence-electron chi connectivity index (χ3n) is 11.1. The summed E-state index contributed by atoms with van der Waals surface area (Å²) in [5.41, 5.74) is 12.5. The molecule has 0 aliphatic rings. The Morgan fingerprint density at radius 3 is 1.54 bits per heavy atom. The molecule has 0 N–H and O–H groups in total. The molecule has 0 radical (unpaired) electrons. The number of fused-ring (bicyclic) bond motifs is 11. The minimum Gasteiger partial charge on any atom is -0.439 e. The molecule has 0 saturated carbocycles. The molecular weight excluding hydrogens is 677 g/mol. The highest BCUT2D eigenvalue weighted by molar-refractivity contribution is 7.25. The molecule has 0 saturated heterocycles. The summed E-state index contributed by atoms with van der Waals surface area (Å²) < 4.78 is 13.8. The Morgan fingerprint density at radius 2 is 0.852 bits per heavy atom. The van der Waals surface area contributed by atoms with E-state index < -0.39 is 0 Å². The number of furan rings is 1. The summed E-state index contributed by atoms with van der Waals surface area (Å²) in [4.78, 5) is 0. The SMILES string of the molecule is c1ccc(-n2c3ccc(-c4ccc5sc6ccc(-c7ccc(-n8c9ccccc9c9ccccc98)cc7)cc6c5c4)cc3c3c4ccccc4oc32)cc1. The van der Waals surface area contributed by atoms with E-state index in [1.54, 1.807) is 0 Å². The summed E-state index contributed by atoms with van der Waals surface area (Å²) in [7, 11) is 0. The molecule has 0 bridgehead atoms.